The summed E-state index contributed by atoms with van der Waals surface area (Å²) in [4.78, 5) is 31.6. The molecule has 0 radical (unpaired) electrons. The number of thiophene rings is 1. The Hall–Kier alpha value is -2.82. The topological polar surface area (TPSA) is 97.9 Å². The van der Waals surface area contributed by atoms with E-state index in [2.05, 4.69) is 48.2 Å². The molecule has 8 nitrogen and oxygen atoms in total. The van der Waals surface area contributed by atoms with Gasteiger partial charge in [0.25, 0.3) is 5.91 Å². The average molecular weight is 638 g/mol. The number of hydrogen-bond donors (Lipinski definition) is 3. The van der Waals surface area contributed by atoms with Crippen LogP contribution in [-0.2, 0) is 25.7 Å². The summed E-state index contributed by atoms with van der Waals surface area (Å²) in [5, 5.41) is 8.23. The molecule has 1 fully saturated rings. The number of hydroxylamine groups is 1. The van der Waals surface area contributed by atoms with Gasteiger partial charge in [0.1, 0.15) is 11.6 Å². The zero-order valence-corrected chi connectivity index (χ0v) is 28.5. The molecular formula is C36H51N3O5S. The Labute approximate surface area is 272 Å². The monoisotopic (exact) mass is 637 g/mol. The van der Waals surface area contributed by atoms with E-state index < -0.39 is 17.9 Å². The van der Waals surface area contributed by atoms with Crippen molar-refractivity contribution in [1.29, 1.82) is 0 Å². The lowest BCUT2D eigenvalue weighted by molar-refractivity contribution is -0.163. The molecule has 1 aliphatic carbocycles. The molecule has 0 aliphatic heterocycles. The Balaban J connectivity index is 1.19. The van der Waals surface area contributed by atoms with Crippen molar-refractivity contribution in [2.24, 2.45) is 17.8 Å². The maximum absolute atomic E-state index is 13.0. The lowest BCUT2D eigenvalue weighted by Crippen LogP contribution is -2.38. The normalized spacial score (nSPS) is 18.6. The number of ether oxygens (including phenoxy) is 2. The summed E-state index contributed by atoms with van der Waals surface area (Å²) in [6, 6.07) is 17.7. The van der Waals surface area contributed by atoms with Gasteiger partial charge in [0.2, 0.25) is 0 Å². The molecule has 1 aromatic heterocycles. The lowest BCUT2D eigenvalue weighted by atomic mass is 9.81. The number of amides is 1. The summed E-state index contributed by atoms with van der Waals surface area (Å²) in [5.74, 6) is 1.10. The SMILES string of the molecule is CC(C)COC(C)ONC(=O)c1cc2ccc(CNCC3CCC(CN[C@H](C(=O)OC(C)(C)C)c4ccccc4)CC3)cc2s1. The first-order valence-corrected chi connectivity index (χ1v) is 17.1. The van der Waals surface area contributed by atoms with Gasteiger partial charge >= 0.3 is 5.97 Å². The van der Waals surface area contributed by atoms with Gasteiger partial charge in [-0.15, -0.1) is 11.3 Å². The maximum atomic E-state index is 13.0. The Morgan fingerprint density at radius 1 is 0.933 bits per heavy atom. The van der Waals surface area contributed by atoms with E-state index in [1.54, 1.807) is 6.92 Å². The quantitative estimate of drug-likeness (QED) is 0.0925. The van der Waals surface area contributed by atoms with Crippen molar-refractivity contribution in [1.82, 2.24) is 16.1 Å². The van der Waals surface area contributed by atoms with E-state index in [1.807, 2.05) is 57.2 Å². The minimum atomic E-state index is -0.525. The first-order valence-electron chi connectivity index (χ1n) is 16.3. The zero-order valence-electron chi connectivity index (χ0n) is 27.7. The van der Waals surface area contributed by atoms with Crippen molar-refractivity contribution >= 4 is 33.3 Å². The fourth-order valence-electron chi connectivity index (χ4n) is 5.53. The summed E-state index contributed by atoms with van der Waals surface area (Å²) in [5.41, 5.74) is 4.13. The minimum Gasteiger partial charge on any atom is -0.459 e. The fraction of sp³-hybridized carbons (Fsp3) is 0.556. The van der Waals surface area contributed by atoms with Crippen LogP contribution in [0.25, 0.3) is 10.1 Å². The summed E-state index contributed by atoms with van der Waals surface area (Å²) in [6.45, 7) is 14.8. The highest BCUT2D eigenvalue weighted by Crippen LogP contribution is 2.30. The van der Waals surface area contributed by atoms with Gasteiger partial charge in [-0.3, -0.25) is 4.79 Å². The zero-order chi connectivity index (χ0) is 32.4. The largest absolute Gasteiger partial charge is 0.459 e. The molecule has 3 aromatic rings. The van der Waals surface area contributed by atoms with Crippen LogP contribution in [0.15, 0.2) is 54.6 Å². The summed E-state index contributed by atoms with van der Waals surface area (Å²) < 4.78 is 12.4. The van der Waals surface area contributed by atoms with Gasteiger partial charge < -0.3 is 20.1 Å². The second kappa shape index (κ2) is 16.7. The third-order valence-electron chi connectivity index (χ3n) is 7.90. The maximum Gasteiger partial charge on any atom is 0.328 e. The molecule has 1 saturated carbocycles. The number of nitrogens with one attached hydrogen (secondary N) is 3. The van der Waals surface area contributed by atoms with Gasteiger partial charge in [-0.2, -0.15) is 0 Å². The van der Waals surface area contributed by atoms with Gasteiger partial charge in [-0.25, -0.2) is 15.1 Å². The van der Waals surface area contributed by atoms with Crippen LogP contribution in [0, 0.1) is 17.8 Å². The van der Waals surface area contributed by atoms with Crippen LogP contribution in [0.4, 0.5) is 0 Å². The minimum absolute atomic E-state index is 0.224. The molecule has 3 N–H and O–H groups in total. The average Bonchev–Trinajstić information content (AvgIpc) is 3.43. The predicted octanol–water partition coefficient (Wildman–Crippen LogP) is 7.15. The summed E-state index contributed by atoms with van der Waals surface area (Å²) in [6.07, 6.45) is 4.13. The third-order valence-corrected chi connectivity index (χ3v) is 9.00. The molecule has 4 rings (SSSR count). The Bertz CT molecular complexity index is 1360. The molecule has 1 unspecified atom stereocenters. The number of hydrogen-bond acceptors (Lipinski definition) is 8. The number of carbonyl (C=O) groups excluding carboxylic acids is 2. The van der Waals surface area contributed by atoms with Crippen LogP contribution in [0.5, 0.6) is 0 Å². The molecule has 1 heterocycles. The predicted molar refractivity (Wildman–Crippen MR) is 181 cm³/mol. The van der Waals surface area contributed by atoms with Crippen molar-refractivity contribution in [3.05, 3.63) is 70.6 Å². The van der Waals surface area contributed by atoms with Crippen molar-refractivity contribution in [3.63, 3.8) is 0 Å². The van der Waals surface area contributed by atoms with Crippen molar-refractivity contribution in [2.75, 3.05) is 19.7 Å². The van der Waals surface area contributed by atoms with Crippen LogP contribution in [0.3, 0.4) is 0 Å². The van der Waals surface area contributed by atoms with Crippen molar-refractivity contribution < 1.29 is 23.9 Å². The van der Waals surface area contributed by atoms with Gasteiger partial charge in [0.15, 0.2) is 6.29 Å². The smallest absolute Gasteiger partial charge is 0.328 e. The third kappa shape index (κ3) is 11.5. The summed E-state index contributed by atoms with van der Waals surface area (Å²) >= 11 is 1.46. The number of benzene rings is 2. The Morgan fingerprint density at radius 3 is 2.29 bits per heavy atom. The molecule has 1 aliphatic rings. The van der Waals surface area contributed by atoms with E-state index in [9.17, 15) is 9.59 Å². The first kappa shape index (κ1) is 35.0. The van der Waals surface area contributed by atoms with Crippen LogP contribution in [0.2, 0.25) is 0 Å². The molecule has 246 valence electrons. The van der Waals surface area contributed by atoms with Crippen LogP contribution >= 0.6 is 11.3 Å². The molecule has 0 bridgehead atoms. The molecule has 0 saturated heterocycles. The van der Waals surface area contributed by atoms with E-state index in [-0.39, 0.29) is 11.9 Å². The number of rotatable bonds is 15. The fourth-order valence-corrected chi connectivity index (χ4v) is 6.55. The van der Waals surface area contributed by atoms with E-state index in [1.165, 1.54) is 29.7 Å². The standard InChI is InChI=1S/C36H51N3O5S/c1-24(2)23-42-25(3)44-39-34(40)32-19-30-17-16-28(18-31(30)45-32)21-37-20-26-12-14-27(15-13-26)22-38-33(29-10-8-7-9-11-29)35(41)43-36(4,5)6/h7-11,16-19,24-27,33,37-38H,12-15,20-23H2,1-6H3,(H,39,40)/t25?,26?,27?,33-/m0/s1. The van der Waals surface area contributed by atoms with Gasteiger partial charge in [-0.1, -0.05) is 56.3 Å². The summed E-state index contributed by atoms with van der Waals surface area (Å²) in [7, 11) is 0. The van der Waals surface area contributed by atoms with E-state index >= 15 is 0 Å². The van der Waals surface area contributed by atoms with Gasteiger partial charge in [0, 0.05) is 11.2 Å². The van der Waals surface area contributed by atoms with E-state index in [0.29, 0.717) is 29.2 Å². The highest BCUT2D eigenvalue weighted by molar-refractivity contribution is 7.20. The van der Waals surface area contributed by atoms with E-state index in [0.717, 1.165) is 48.1 Å². The van der Waals surface area contributed by atoms with Crippen molar-refractivity contribution in [3.8, 4) is 0 Å². The molecule has 2 atom stereocenters. The number of carbonyl (C=O) groups is 2. The van der Waals surface area contributed by atoms with Crippen LogP contribution < -0.4 is 16.1 Å². The first-order chi connectivity index (χ1) is 21.5. The Morgan fingerprint density at radius 2 is 1.62 bits per heavy atom. The molecule has 9 heteroatoms. The number of esters is 1. The van der Waals surface area contributed by atoms with Crippen molar-refractivity contribution in [2.45, 2.75) is 91.7 Å². The second-order valence-electron chi connectivity index (χ2n) is 13.6. The van der Waals surface area contributed by atoms with Gasteiger partial charge in [-0.05, 0) is 113 Å². The molecule has 0 spiro atoms. The van der Waals surface area contributed by atoms with Crippen LogP contribution in [0.1, 0.15) is 94.1 Å². The van der Waals surface area contributed by atoms with Gasteiger partial charge in [0.05, 0.1) is 11.5 Å². The van der Waals surface area contributed by atoms with Crippen LogP contribution in [-0.4, -0.2) is 43.5 Å². The Kier molecular flexibility index (Phi) is 13.0. The molecule has 45 heavy (non-hydrogen) atoms. The highest BCUT2D eigenvalue weighted by atomic mass is 32.1. The number of fused-ring (bicyclic) bond motifs is 1. The highest BCUT2D eigenvalue weighted by Gasteiger charge is 2.28. The molecule has 2 aromatic carbocycles. The second-order valence-corrected chi connectivity index (χ2v) is 14.7. The molecular weight excluding hydrogens is 586 g/mol. The van der Waals surface area contributed by atoms with E-state index in [4.69, 9.17) is 14.3 Å². The lowest BCUT2D eigenvalue weighted by Gasteiger charge is -2.31. The molecule has 1 amide bonds.